The molecule has 1 aromatic heterocycles. The van der Waals surface area contributed by atoms with Crippen LogP contribution >= 0.6 is 11.3 Å². The van der Waals surface area contributed by atoms with E-state index in [4.69, 9.17) is 5.14 Å². The Morgan fingerprint density at radius 2 is 2.14 bits per heavy atom. The second kappa shape index (κ2) is 7.13. The summed E-state index contributed by atoms with van der Waals surface area (Å²) in [5.74, 6) is 0. The van der Waals surface area contributed by atoms with Gasteiger partial charge in [0.05, 0.1) is 22.3 Å². The number of nitrogens with one attached hydrogen (secondary N) is 1. The zero-order chi connectivity index (χ0) is 21.0. The summed E-state index contributed by atoms with van der Waals surface area (Å²) >= 11 is 0.960. The van der Waals surface area contributed by atoms with Crippen LogP contribution in [0.2, 0.25) is 0 Å². The number of aliphatic hydroxyl groups is 2. The monoisotopic (exact) mass is 436 g/mol. The summed E-state index contributed by atoms with van der Waals surface area (Å²) in [5, 5.41) is 29.0. The zero-order valence-electron chi connectivity index (χ0n) is 16.3. The van der Waals surface area contributed by atoms with E-state index in [1.807, 2.05) is 0 Å². The Labute approximate surface area is 173 Å². The summed E-state index contributed by atoms with van der Waals surface area (Å²) in [7, 11) is -3.56. The molecule has 1 heterocycles. The van der Waals surface area contributed by atoms with E-state index in [1.54, 1.807) is 13.8 Å². The molecule has 0 saturated heterocycles. The Morgan fingerprint density at radius 1 is 1.38 bits per heavy atom. The van der Waals surface area contributed by atoms with Gasteiger partial charge in [0.15, 0.2) is 9.92 Å². The Balaban J connectivity index is 1.67. The number of fused-ring (bicyclic) bond motifs is 2. The van der Waals surface area contributed by atoms with Crippen LogP contribution in [0.25, 0.3) is 0 Å². The Hall–Kier alpha value is -1.85. The maximum absolute atomic E-state index is 12.8. The smallest absolute Gasteiger partial charge is 0.354 e. The van der Waals surface area contributed by atoms with E-state index in [0.717, 1.165) is 53.7 Å². The Morgan fingerprint density at radius 3 is 2.83 bits per heavy atom. The number of nitrogens with zero attached hydrogens (tertiary/aromatic N) is 2. The van der Waals surface area contributed by atoms with Crippen molar-refractivity contribution in [1.29, 1.82) is 0 Å². The molecule has 8 nitrogen and oxygen atoms in total. The number of rotatable bonds is 3. The first kappa shape index (κ1) is 20.4. The van der Waals surface area contributed by atoms with Crippen molar-refractivity contribution in [1.82, 2.24) is 4.98 Å². The second-order valence-electron chi connectivity index (χ2n) is 8.01. The topological polar surface area (TPSA) is 138 Å². The van der Waals surface area contributed by atoms with Crippen LogP contribution in [-0.4, -0.2) is 25.4 Å². The van der Waals surface area contributed by atoms with Gasteiger partial charge in [0.1, 0.15) is 0 Å². The summed E-state index contributed by atoms with van der Waals surface area (Å²) in [5.41, 5.74) is 3.38. The van der Waals surface area contributed by atoms with Crippen LogP contribution in [0.15, 0.2) is 21.0 Å². The molecular formula is C19H24N4O4S2. The average molecular weight is 437 g/mol. The van der Waals surface area contributed by atoms with Gasteiger partial charge in [-0.2, -0.15) is 0 Å². The minimum absolute atomic E-state index is 0.0201. The van der Waals surface area contributed by atoms with Crippen molar-refractivity contribution < 1.29 is 19.2 Å². The molecule has 2 aliphatic carbocycles. The molecule has 0 spiro atoms. The molecule has 2 amide bonds. The first-order valence-corrected chi connectivity index (χ1v) is 11.9. The van der Waals surface area contributed by atoms with Crippen LogP contribution < -0.4 is 10.5 Å². The number of nitrogens with two attached hydrogens (primary N) is 1. The highest BCUT2D eigenvalue weighted by molar-refractivity contribution is 7.93. The quantitative estimate of drug-likeness (QED) is 0.586. The van der Waals surface area contributed by atoms with E-state index in [9.17, 15) is 19.2 Å². The average Bonchev–Trinajstić information content (AvgIpc) is 3.33. The highest BCUT2D eigenvalue weighted by Crippen LogP contribution is 2.43. The maximum atomic E-state index is 12.8. The van der Waals surface area contributed by atoms with Crippen molar-refractivity contribution >= 4 is 33.0 Å². The van der Waals surface area contributed by atoms with Crippen LogP contribution in [-0.2, 0) is 34.8 Å². The third kappa shape index (κ3) is 3.82. The molecule has 0 bridgehead atoms. The Kier molecular flexibility index (Phi) is 5.02. The highest BCUT2D eigenvalue weighted by Gasteiger charge is 2.30. The molecule has 4 rings (SSSR count). The van der Waals surface area contributed by atoms with E-state index >= 15 is 0 Å². The van der Waals surface area contributed by atoms with Gasteiger partial charge in [-0.1, -0.05) is 6.07 Å². The molecule has 0 fully saturated rings. The molecule has 0 saturated carbocycles. The van der Waals surface area contributed by atoms with Gasteiger partial charge in [0.2, 0.25) is 4.34 Å². The number of benzene rings is 1. The lowest BCUT2D eigenvalue weighted by molar-refractivity contribution is 0.0823. The molecule has 29 heavy (non-hydrogen) atoms. The van der Waals surface area contributed by atoms with Crippen molar-refractivity contribution in [2.75, 3.05) is 5.32 Å². The van der Waals surface area contributed by atoms with Gasteiger partial charge in [-0.25, -0.2) is 19.1 Å². The zero-order valence-corrected chi connectivity index (χ0v) is 17.9. The van der Waals surface area contributed by atoms with Crippen LogP contribution in [0.4, 0.5) is 10.5 Å². The number of aliphatic hydroxyl groups excluding tert-OH is 1. The van der Waals surface area contributed by atoms with Crippen molar-refractivity contribution in [2.24, 2.45) is 9.50 Å². The molecule has 2 aliphatic rings. The van der Waals surface area contributed by atoms with Crippen LogP contribution in [0.5, 0.6) is 0 Å². The summed E-state index contributed by atoms with van der Waals surface area (Å²) in [4.78, 5) is 17.1. The fourth-order valence-corrected chi connectivity index (χ4v) is 6.04. The lowest BCUT2D eigenvalue weighted by atomic mass is 9.98. The first-order valence-electron chi connectivity index (χ1n) is 9.46. The summed E-state index contributed by atoms with van der Waals surface area (Å²) in [6.45, 7) is 3.16. The van der Waals surface area contributed by atoms with Gasteiger partial charge in [-0.15, -0.1) is 15.7 Å². The maximum Gasteiger partial charge on any atom is 0.354 e. The number of urea groups is 1. The SMILES string of the molecule is CC(C)(O)c1cnc([S@](N)(=O)=NC(=O)Nc2c3c(cc4c2C(O)CC4)CCC3)s1. The number of carbonyl (C=O) groups excluding carboxylic acids is 1. The summed E-state index contributed by atoms with van der Waals surface area (Å²) in [6.07, 6.45) is 4.85. The number of carbonyl (C=O) groups is 1. The number of anilines is 1. The van der Waals surface area contributed by atoms with Crippen LogP contribution in [0, 0.1) is 0 Å². The lowest BCUT2D eigenvalue weighted by Crippen LogP contribution is -2.19. The molecule has 2 aromatic rings. The Bertz CT molecular complexity index is 1110. The number of amides is 2. The summed E-state index contributed by atoms with van der Waals surface area (Å²) in [6, 6.07) is 1.29. The minimum atomic E-state index is -3.56. The van der Waals surface area contributed by atoms with Crippen molar-refractivity contribution in [3.05, 3.63) is 39.4 Å². The normalized spacial score (nSPS) is 20.1. The summed E-state index contributed by atoms with van der Waals surface area (Å²) < 4.78 is 16.5. The van der Waals surface area contributed by atoms with E-state index < -0.39 is 27.7 Å². The van der Waals surface area contributed by atoms with E-state index in [0.29, 0.717) is 17.0 Å². The molecule has 10 heteroatoms. The molecule has 2 atom stereocenters. The molecule has 5 N–H and O–H groups in total. The molecule has 156 valence electrons. The number of hydrogen-bond donors (Lipinski definition) is 4. The lowest BCUT2D eigenvalue weighted by Gasteiger charge is -2.17. The van der Waals surface area contributed by atoms with Crippen molar-refractivity contribution in [3.8, 4) is 0 Å². The number of hydrogen-bond acceptors (Lipinski definition) is 6. The number of aryl methyl sites for hydroxylation is 2. The van der Waals surface area contributed by atoms with E-state index in [-0.39, 0.29) is 4.34 Å². The van der Waals surface area contributed by atoms with Crippen LogP contribution in [0.3, 0.4) is 0 Å². The number of aromatic nitrogens is 1. The molecular weight excluding hydrogens is 412 g/mol. The molecule has 0 radical (unpaired) electrons. The van der Waals surface area contributed by atoms with Crippen molar-refractivity contribution in [3.63, 3.8) is 0 Å². The third-order valence-electron chi connectivity index (χ3n) is 5.33. The second-order valence-corrected chi connectivity index (χ2v) is 11.0. The van der Waals surface area contributed by atoms with E-state index in [2.05, 4.69) is 20.7 Å². The largest absolute Gasteiger partial charge is 0.388 e. The van der Waals surface area contributed by atoms with Crippen LogP contribution in [0.1, 0.15) is 59.9 Å². The minimum Gasteiger partial charge on any atom is -0.388 e. The van der Waals surface area contributed by atoms with Gasteiger partial charge in [-0.3, -0.25) is 0 Å². The third-order valence-corrected chi connectivity index (χ3v) is 8.45. The predicted octanol–water partition coefficient (Wildman–Crippen LogP) is 2.77. The van der Waals surface area contributed by atoms with Crippen molar-refractivity contribution in [2.45, 2.75) is 62.0 Å². The fourth-order valence-electron chi connectivity index (χ4n) is 3.96. The predicted molar refractivity (Wildman–Crippen MR) is 111 cm³/mol. The van der Waals surface area contributed by atoms with Gasteiger partial charge in [0, 0.05) is 11.8 Å². The van der Waals surface area contributed by atoms with Gasteiger partial charge < -0.3 is 15.5 Å². The number of thiazole rings is 1. The van der Waals surface area contributed by atoms with Gasteiger partial charge in [-0.05, 0) is 62.6 Å². The highest BCUT2D eigenvalue weighted by atomic mass is 32.2. The molecule has 0 aliphatic heterocycles. The fraction of sp³-hybridized carbons (Fsp3) is 0.474. The molecule has 1 unspecified atom stereocenters. The van der Waals surface area contributed by atoms with Gasteiger partial charge >= 0.3 is 6.03 Å². The van der Waals surface area contributed by atoms with Gasteiger partial charge in [0.25, 0.3) is 0 Å². The van der Waals surface area contributed by atoms with E-state index in [1.165, 1.54) is 11.8 Å². The molecule has 1 aromatic carbocycles. The first-order chi connectivity index (χ1) is 13.6. The standard InChI is InChI=1S/C19H24N4O4S2/c1-19(2,26)14-9-21-18(28-14)29(20,27)23-17(25)22-16-12-5-3-4-10(12)8-11-6-7-13(24)15(11)16/h8-9,13,24,26H,3-7H2,1-2H3,(H3,20,22,23,25,27)/t13?,29-/m1/s1.